The van der Waals surface area contributed by atoms with Crippen LogP contribution in [0.5, 0.6) is 0 Å². The molecule has 1 atom stereocenters. The van der Waals surface area contributed by atoms with Crippen molar-refractivity contribution in [2.24, 2.45) is 0 Å². The summed E-state index contributed by atoms with van der Waals surface area (Å²) in [7, 11) is 1.65. The molecule has 128 valence electrons. The number of nitrogens with zero attached hydrogens (tertiary/aromatic N) is 1. The summed E-state index contributed by atoms with van der Waals surface area (Å²) in [5, 5.41) is 3.00. The van der Waals surface area contributed by atoms with Gasteiger partial charge in [-0.25, -0.2) is 0 Å². The smallest absolute Gasteiger partial charge is 0.228 e. The van der Waals surface area contributed by atoms with Gasteiger partial charge in [-0.05, 0) is 31.5 Å². The van der Waals surface area contributed by atoms with Crippen LogP contribution in [-0.2, 0) is 14.3 Å². The van der Waals surface area contributed by atoms with E-state index in [0.29, 0.717) is 26.4 Å². The van der Waals surface area contributed by atoms with Crippen molar-refractivity contribution in [1.29, 1.82) is 0 Å². The molecular weight excluding hydrogens is 292 g/mol. The Morgan fingerprint density at radius 3 is 2.61 bits per heavy atom. The molecule has 0 unspecified atom stereocenters. The molecule has 2 rings (SSSR count). The number of carbonyl (C=O) groups excluding carboxylic acids is 1. The summed E-state index contributed by atoms with van der Waals surface area (Å²) in [5.74, 6) is -0.0354. The number of ether oxygens (including phenoxy) is 2. The van der Waals surface area contributed by atoms with Crippen LogP contribution in [0.25, 0.3) is 0 Å². The maximum Gasteiger partial charge on any atom is 0.228 e. The predicted octanol–water partition coefficient (Wildman–Crippen LogP) is 1.65. The van der Waals surface area contributed by atoms with Gasteiger partial charge in [0.2, 0.25) is 5.91 Å². The van der Waals surface area contributed by atoms with Crippen LogP contribution < -0.4 is 5.32 Å². The molecule has 1 aromatic carbocycles. The molecule has 1 aliphatic rings. The van der Waals surface area contributed by atoms with Crippen LogP contribution >= 0.6 is 0 Å². The maximum absolute atomic E-state index is 12.6. The van der Waals surface area contributed by atoms with Gasteiger partial charge < -0.3 is 19.7 Å². The molecule has 5 nitrogen and oxygen atoms in total. The zero-order valence-electron chi connectivity index (χ0n) is 14.0. The molecule has 0 radical (unpaired) electrons. The first-order chi connectivity index (χ1) is 11.3. The first kappa shape index (κ1) is 17.9. The molecule has 1 heterocycles. The van der Waals surface area contributed by atoms with Gasteiger partial charge in [-0.1, -0.05) is 30.3 Å². The Kier molecular flexibility index (Phi) is 8.07. The van der Waals surface area contributed by atoms with E-state index in [1.54, 1.807) is 7.11 Å². The van der Waals surface area contributed by atoms with Crippen molar-refractivity contribution in [2.45, 2.75) is 18.8 Å². The van der Waals surface area contributed by atoms with Gasteiger partial charge in [0.05, 0.1) is 25.7 Å². The topological polar surface area (TPSA) is 50.8 Å². The Bertz CT molecular complexity index is 447. The Morgan fingerprint density at radius 2 is 1.91 bits per heavy atom. The monoisotopic (exact) mass is 320 g/mol. The van der Waals surface area contributed by atoms with Gasteiger partial charge in [0, 0.05) is 20.2 Å². The van der Waals surface area contributed by atoms with Gasteiger partial charge in [0.25, 0.3) is 0 Å². The number of carbonyl (C=O) groups is 1. The van der Waals surface area contributed by atoms with Crippen molar-refractivity contribution in [3.8, 4) is 0 Å². The molecule has 1 N–H and O–H groups in total. The number of hydrogen-bond donors (Lipinski definition) is 1. The van der Waals surface area contributed by atoms with E-state index in [0.717, 1.165) is 25.2 Å². The maximum atomic E-state index is 12.6. The molecule has 0 aromatic heterocycles. The van der Waals surface area contributed by atoms with Crippen molar-refractivity contribution in [3.63, 3.8) is 0 Å². The number of rotatable bonds is 10. The molecule has 1 aromatic rings. The lowest BCUT2D eigenvalue weighted by Gasteiger charge is -2.23. The summed E-state index contributed by atoms with van der Waals surface area (Å²) < 4.78 is 10.3. The van der Waals surface area contributed by atoms with Crippen molar-refractivity contribution in [2.75, 3.05) is 53.1 Å². The quantitative estimate of drug-likeness (QED) is 0.666. The zero-order valence-corrected chi connectivity index (χ0v) is 14.0. The third-order valence-electron chi connectivity index (χ3n) is 4.14. The van der Waals surface area contributed by atoms with E-state index < -0.39 is 0 Å². The predicted molar refractivity (Wildman–Crippen MR) is 90.6 cm³/mol. The molecule has 0 saturated carbocycles. The number of nitrogens with one attached hydrogen (secondary N) is 1. The van der Waals surface area contributed by atoms with Crippen LogP contribution in [0.4, 0.5) is 0 Å². The summed E-state index contributed by atoms with van der Waals surface area (Å²) in [6, 6.07) is 10.0. The minimum Gasteiger partial charge on any atom is -0.382 e. The minimum atomic E-state index is -0.117. The lowest BCUT2D eigenvalue weighted by Crippen LogP contribution is -2.38. The summed E-state index contributed by atoms with van der Waals surface area (Å²) in [6.07, 6.45) is 2.47. The highest BCUT2D eigenvalue weighted by Crippen LogP contribution is 2.20. The van der Waals surface area contributed by atoms with Gasteiger partial charge in [0.15, 0.2) is 0 Å². The third kappa shape index (κ3) is 6.29. The van der Waals surface area contributed by atoms with Gasteiger partial charge in [0.1, 0.15) is 0 Å². The third-order valence-corrected chi connectivity index (χ3v) is 4.14. The number of hydrogen-bond acceptors (Lipinski definition) is 4. The minimum absolute atomic E-state index is 0.0819. The molecule has 0 aliphatic carbocycles. The van der Waals surface area contributed by atoms with Crippen LogP contribution in [0.3, 0.4) is 0 Å². The van der Waals surface area contributed by atoms with Crippen molar-refractivity contribution in [1.82, 2.24) is 10.2 Å². The summed E-state index contributed by atoms with van der Waals surface area (Å²) in [6.45, 7) is 5.16. The Hall–Kier alpha value is -1.43. The second-order valence-electron chi connectivity index (χ2n) is 5.87. The first-order valence-corrected chi connectivity index (χ1v) is 8.43. The summed E-state index contributed by atoms with van der Waals surface area (Å²) in [4.78, 5) is 15.0. The molecule has 1 saturated heterocycles. The van der Waals surface area contributed by atoms with Gasteiger partial charge in [-0.15, -0.1) is 0 Å². The Labute approximate surface area is 139 Å². The molecule has 23 heavy (non-hydrogen) atoms. The van der Waals surface area contributed by atoms with E-state index in [1.807, 2.05) is 30.3 Å². The van der Waals surface area contributed by atoms with Crippen LogP contribution in [0.15, 0.2) is 30.3 Å². The van der Waals surface area contributed by atoms with Crippen LogP contribution in [0.2, 0.25) is 0 Å². The van der Waals surface area contributed by atoms with Crippen LogP contribution in [0, 0.1) is 0 Å². The molecule has 1 aliphatic heterocycles. The average molecular weight is 320 g/mol. The molecule has 1 amide bonds. The molecular formula is C18H28N2O3. The normalized spacial score (nSPS) is 16.4. The number of benzene rings is 1. The standard InChI is InChI=1S/C18H28N2O3/c1-22-13-14-23-12-9-19-18(21)17(15-20-10-5-6-11-20)16-7-3-2-4-8-16/h2-4,7-8,17H,5-6,9-15H2,1H3,(H,19,21)/t17-/m0/s1. The van der Waals surface area contributed by atoms with E-state index in [9.17, 15) is 4.79 Å². The van der Waals surface area contributed by atoms with E-state index in [1.165, 1.54) is 12.8 Å². The fraction of sp³-hybridized carbons (Fsp3) is 0.611. The molecule has 0 bridgehead atoms. The van der Waals surface area contributed by atoms with Crippen LogP contribution in [0.1, 0.15) is 24.3 Å². The highest BCUT2D eigenvalue weighted by Gasteiger charge is 2.24. The second-order valence-corrected chi connectivity index (χ2v) is 5.87. The van der Waals surface area contributed by atoms with Crippen LogP contribution in [-0.4, -0.2) is 63.9 Å². The summed E-state index contributed by atoms with van der Waals surface area (Å²) in [5.41, 5.74) is 1.08. The Balaban J connectivity index is 1.84. The van der Waals surface area contributed by atoms with E-state index in [-0.39, 0.29) is 11.8 Å². The SMILES string of the molecule is COCCOCCNC(=O)[C@@H](CN1CCCC1)c1ccccc1. The van der Waals surface area contributed by atoms with Gasteiger partial charge in [-0.2, -0.15) is 0 Å². The highest BCUT2D eigenvalue weighted by atomic mass is 16.5. The number of amides is 1. The summed E-state index contributed by atoms with van der Waals surface area (Å²) >= 11 is 0. The van der Waals surface area contributed by atoms with Crippen molar-refractivity contribution < 1.29 is 14.3 Å². The van der Waals surface area contributed by atoms with Gasteiger partial charge >= 0.3 is 0 Å². The molecule has 5 heteroatoms. The largest absolute Gasteiger partial charge is 0.382 e. The zero-order chi connectivity index (χ0) is 16.3. The van der Waals surface area contributed by atoms with E-state index in [4.69, 9.17) is 9.47 Å². The average Bonchev–Trinajstić information content (AvgIpc) is 3.09. The number of likely N-dealkylation sites (tertiary alicyclic amines) is 1. The van der Waals surface area contributed by atoms with Crippen molar-refractivity contribution >= 4 is 5.91 Å². The number of methoxy groups -OCH3 is 1. The van der Waals surface area contributed by atoms with Crippen molar-refractivity contribution in [3.05, 3.63) is 35.9 Å². The first-order valence-electron chi connectivity index (χ1n) is 8.43. The second kappa shape index (κ2) is 10.4. The molecule has 1 fully saturated rings. The van der Waals surface area contributed by atoms with Gasteiger partial charge in [-0.3, -0.25) is 4.79 Å². The fourth-order valence-corrected chi connectivity index (χ4v) is 2.86. The van der Waals surface area contributed by atoms with E-state index in [2.05, 4.69) is 10.2 Å². The Morgan fingerprint density at radius 1 is 1.17 bits per heavy atom. The lowest BCUT2D eigenvalue weighted by molar-refractivity contribution is -0.123. The van der Waals surface area contributed by atoms with E-state index >= 15 is 0 Å². The highest BCUT2D eigenvalue weighted by molar-refractivity contribution is 5.83. The fourth-order valence-electron chi connectivity index (χ4n) is 2.86. The lowest BCUT2D eigenvalue weighted by atomic mass is 9.97. The molecule has 0 spiro atoms.